The molecule has 0 spiro atoms. The van der Waals surface area contributed by atoms with Crippen LogP contribution >= 0.6 is 11.3 Å². The van der Waals surface area contributed by atoms with Crippen LogP contribution in [0.4, 0.5) is 10.7 Å². The van der Waals surface area contributed by atoms with E-state index in [1.54, 1.807) is 0 Å². The molecule has 1 aromatic rings. The van der Waals surface area contributed by atoms with Crippen molar-refractivity contribution in [3.63, 3.8) is 0 Å². The van der Waals surface area contributed by atoms with Gasteiger partial charge in [0.1, 0.15) is 21.5 Å². The topological polar surface area (TPSA) is 102 Å². The molecule has 0 aliphatic carbocycles. The Bertz CT molecular complexity index is 549. The Balaban J connectivity index is 2.36. The number of piperidine rings is 1. The summed E-state index contributed by atoms with van der Waals surface area (Å²) in [7, 11) is 0. The molecule has 0 bridgehead atoms. The highest BCUT2D eigenvalue weighted by Crippen LogP contribution is 2.38. The number of rotatable bonds is 3. The van der Waals surface area contributed by atoms with Gasteiger partial charge in [-0.2, -0.15) is 5.26 Å². The fourth-order valence-corrected chi connectivity index (χ4v) is 3.43. The number of nitriles is 1. The summed E-state index contributed by atoms with van der Waals surface area (Å²) in [5, 5.41) is 22.4. The van der Waals surface area contributed by atoms with Gasteiger partial charge in [-0.15, -0.1) is 11.3 Å². The van der Waals surface area contributed by atoms with Crippen LogP contribution in [0.2, 0.25) is 0 Å². The van der Waals surface area contributed by atoms with Crippen molar-refractivity contribution < 1.29 is 9.90 Å². The van der Waals surface area contributed by atoms with Gasteiger partial charge in [0, 0.05) is 19.6 Å². The highest BCUT2D eigenvalue weighted by molar-refractivity contribution is 7.19. The number of nitrogens with one attached hydrogen (secondary N) is 1. The fourth-order valence-electron chi connectivity index (χ4n) is 2.31. The van der Waals surface area contributed by atoms with E-state index in [1.807, 2.05) is 11.8 Å². The third-order valence-corrected chi connectivity index (χ3v) is 4.53. The van der Waals surface area contributed by atoms with Crippen LogP contribution in [0.1, 0.15) is 35.0 Å². The molecule has 0 radical (unpaired) electrons. The van der Waals surface area contributed by atoms with Crippen molar-refractivity contribution in [2.45, 2.75) is 25.9 Å². The van der Waals surface area contributed by atoms with Gasteiger partial charge >= 0.3 is 0 Å². The zero-order chi connectivity index (χ0) is 14.7. The van der Waals surface area contributed by atoms with Crippen LogP contribution in [0.25, 0.3) is 0 Å². The first-order valence-corrected chi connectivity index (χ1v) is 7.43. The maximum atomic E-state index is 11.9. The second-order valence-corrected chi connectivity index (χ2v) is 5.74. The number of carbonyl (C=O) groups excluding carboxylic acids is 1. The summed E-state index contributed by atoms with van der Waals surface area (Å²) in [6.07, 6.45) is 1.23. The van der Waals surface area contributed by atoms with Crippen molar-refractivity contribution in [1.82, 2.24) is 5.32 Å². The molecule has 2 heterocycles. The average molecular weight is 294 g/mol. The lowest BCUT2D eigenvalue weighted by atomic mass is 10.1. The maximum absolute atomic E-state index is 11.9. The van der Waals surface area contributed by atoms with Crippen LogP contribution in [0.3, 0.4) is 0 Å². The molecular formula is C13H18N4O2S. The third kappa shape index (κ3) is 2.71. The van der Waals surface area contributed by atoms with Gasteiger partial charge in [0.2, 0.25) is 0 Å². The summed E-state index contributed by atoms with van der Waals surface area (Å²) in [5.74, 6) is -0.254. The van der Waals surface area contributed by atoms with Gasteiger partial charge in [0.15, 0.2) is 0 Å². The molecule has 1 unspecified atom stereocenters. The normalized spacial score (nSPS) is 18.6. The number of thiophene rings is 1. The molecule has 1 fully saturated rings. The summed E-state index contributed by atoms with van der Waals surface area (Å²) >= 11 is 1.22. The molecule has 1 saturated heterocycles. The van der Waals surface area contributed by atoms with Crippen LogP contribution in [-0.4, -0.2) is 36.8 Å². The number of aliphatic hydroxyl groups excluding tert-OH is 1. The Morgan fingerprint density at radius 3 is 3.05 bits per heavy atom. The number of β-amino-alcohol motifs (C(OH)–C–C–N with tert-alkyl or cyclic N) is 1. The first-order valence-electron chi connectivity index (χ1n) is 6.62. The van der Waals surface area contributed by atoms with Gasteiger partial charge in [-0.3, -0.25) is 4.79 Å². The van der Waals surface area contributed by atoms with Crippen molar-refractivity contribution in [2.24, 2.45) is 0 Å². The number of aliphatic hydroxyl groups is 1. The summed E-state index contributed by atoms with van der Waals surface area (Å²) in [4.78, 5) is 14.3. The van der Waals surface area contributed by atoms with Crippen LogP contribution in [0.5, 0.6) is 0 Å². The number of amides is 1. The van der Waals surface area contributed by atoms with Crippen molar-refractivity contribution >= 4 is 27.9 Å². The molecule has 4 N–H and O–H groups in total. The lowest BCUT2D eigenvalue weighted by Gasteiger charge is -2.30. The predicted molar refractivity (Wildman–Crippen MR) is 78.9 cm³/mol. The van der Waals surface area contributed by atoms with E-state index < -0.39 is 6.10 Å². The zero-order valence-electron chi connectivity index (χ0n) is 11.3. The standard InChI is InChI=1S/C13H18N4O2S/c1-2-16-12(19)11-10(15)9(6-14)13(20-11)17-5-3-4-8(18)7-17/h8,18H,2-5,7,15H2,1H3,(H,16,19). The van der Waals surface area contributed by atoms with Crippen LogP contribution in [0.15, 0.2) is 0 Å². The number of nitrogen functional groups attached to an aromatic ring is 1. The molecule has 1 aliphatic rings. The minimum Gasteiger partial charge on any atom is -0.396 e. The van der Waals surface area contributed by atoms with E-state index in [0.717, 1.165) is 19.4 Å². The second-order valence-electron chi connectivity index (χ2n) is 4.74. The van der Waals surface area contributed by atoms with Crippen LogP contribution in [0, 0.1) is 11.3 Å². The SMILES string of the molecule is CCNC(=O)c1sc(N2CCCC(O)C2)c(C#N)c1N. The molecular weight excluding hydrogens is 276 g/mol. The highest BCUT2D eigenvalue weighted by atomic mass is 32.1. The Hall–Kier alpha value is -1.78. The Morgan fingerprint density at radius 2 is 2.45 bits per heavy atom. The van der Waals surface area contributed by atoms with Crippen LogP contribution < -0.4 is 16.0 Å². The number of carbonyl (C=O) groups is 1. The smallest absolute Gasteiger partial charge is 0.263 e. The van der Waals surface area contributed by atoms with E-state index in [9.17, 15) is 15.2 Å². The van der Waals surface area contributed by atoms with Gasteiger partial charge in [0.05, 0.1) is 11.8 Å². The first kappa shape index (κ1) is 14.6. The van der Waals surface area contributed by atoms with Crippen molar-refractivity contribution in [2.75, 3.05) is 30.3 Å². The number of nitrogens with two attached hydrogens (primary N) is 1. The molecule has 6 nitrogen and oxygen atoms in total. The third-order valence-electron chi connectivity index (χ3n) is 3.27. The summed E-state index contributed by atoms with van der Waals surface area (Å²) in [5.41, 5.74) is 6.50. The monoisotopic (exact) mass is 294 g/mol. The highest BCUT2D eigenvalue weighted by Gasteiger charge is 2.27. The fraction of sp³-hybridized carbons (Fsp3) is 0.538. The van der Waals surface area contributed by atoms with Gasteiger partial charge in [-0.1, -0.05) is 0 Å². The van der Waals surface area contributed by atoms with Gasteiger partial charge < -0.3 is 21.1 Å². The van der Waals surface area contributed by atoms with Gasteiger partial charge in [0.25, 0.3) is 5.91 Å². The molecule has 0 saturated carbocycles. The van der Waals surface area contributed by atoms with E-state index in [0.29, 0.717) is 28.5 Å². The number of hydrogen-bond acceptors (Lipinski definition) is 6. The quantitative estimate of drug-likeness (QED) is 0.769. The summed E-state index contributed by atoms with van der Waals surface area (Å²) in [6.45, 7) is 3.58. The number of hydrogen-bond donors (Lipinski definition) is 3. The predicted octanol–water partition coefficient (Wildman–Crippen LogP) is 0.913. The Labute approximate surface area is 121 Å². The minimum absolute atomic E-state index is 0.235. The number of nitrogens with zero attached hydrogens (tertiary/aromatic N) is 2. The maximum Gasteiger partial charge on any atom is 0.263 e. The van der Waals surface area contributed by atoms with Crippen molar-refractivity contribution in [3.05, 3.63) is 10.4 Å². The lowest BCUT2D eigenvalue weighted by molar-refractivity contribution is 0.0960. The molecule has 108 valence electrons. The Morgan fingerprint density at radius 1 is 1.70 bits per heavy atom. The lowest BCUT2D eigenvalue weighted by Crippen LogP contribution is -2.38. The largest absolute Gasteiger partial charge is 0.396 e. The van der Waals surface area contributed by atoms with Gasteiger partial charge in [-0.05, 0) is 19.8 Å². The molecule has 7 heteroatoms. The average Bonchev–Trinajstić information content (AvgIpc) is 2.76. The Kier molecular flexibility index (Phi) is 4.47. The number of anilines is 2. The molecule has 20 heavy (non-hydrogen) atoms. The summed E-state index contributed by atoms with van der Waals surface area (Å²) < 4.78 is 0. The van der Waals surface area contributed by atoms with Crippen LogP contribution in [-0.2, 0) is 0 Å². The molecule has 1 amide bonds. The van der Waals surface area contributed by atoms with Gasteiger partial charge in [-0.25, -0.2) is 0 Å². The molecule has 1 atom stereocenters. The second kappa shape index (κ2) is 6.11. The van der Waals surface area contributed by atoms with Crippen molar-refractivity contribution in [3.8, 4) is 6.07 Å². The molecule has 1 aliphatic heterocycles. The molecule has 1 aromatic heterocycles. The molecule has 2 rings (SSSR count). The van der Waals surface area contributed by atoms with E-state index in [4.69, 9.17) is 5.73 Å². The van der Waals surface area contributed by atoms with E-state index >= 15 is 0 Å². The summed E-state index contributed by atoms with van der Waals surface area (Å²) in [6, 6.07) is 2.08. The first-order chi connectivity index (χ1) is 9.58. The van der Waals surface area contributed by atoms with Crippen molar-refractivity contribution in [1.29, 1.82) is 5.26 Å². The zero-order valence-corrected chi connectivity index (χ0v) is 12.2. The molecule has 0 aromatic carbocycles. The van der Waals surface area contributed by atoms with E-state index in [1.165, 1.54) is 11.3 Å². The van der Waals surface area contributed by atoms with E-state index in [-0.39, 0.29) is 11.6 Å². The minimum atomic E-state index is -0.397. The van der Waals surface area contributed by atoms with E-state index in [2.05, 4.69) is 11.4 Å².